The summed E-state index contributed by atoms with van der Waals surface area (Å²) in [5, 5.41) is 15.6. The van der Waals surface area contributed by atoms with Gasteiger partial charge in [0.05, 0.1) is 29.2 Å². The molecule has 2 unspecified atom stereocenters. The van der Waals surface area contributed by atoms with Gasteiger partial charge in [0.25, 0.3) is 0 Å². The van der Waals surface area contributed by atoms with Crippen molar-refractivity contribution in [2.24, 2.45) is 0 Å². The van der Waals surface area contributed by atoms with Gasteiger partial charge in [0, 0.05) is 24.3 Å². The summed E-state index contributed by atoms with van der Waals surface area (Å²) >= 11 is 0. The molecule has 7 nitrogen and oxygen atoms in total. The van der Waals surface area contributed by atoms with Crippen LogP contribution in [-0.4, -0.2) is 40.3 Å². The molecule has 0 bridgehead atoms. The number of rotatable bonds is 5. The zero-order valence-electron chi connectivity index (χ0n) is 17.7. The highest BCUT2D eigenvalue weighted by atomic mass is 19.1. The molecule has 1 aliphatic rings. The molecule has 1 aliphatic heterocycles. The second kappa shape index (κ2) is 8.93. The summed E-state index contributed by atoms with van der Waals surface area (Å²) < 4.78 is 14.0. The highest BCUT2D eigenvalue weighted by molar-refractivity contribution is 5.77. The van der Waals surface area contributed by atoms with E-state index in [1.54, 1.807) is 6.07 Å². The molecule has 164 valence electrons. The lowest BCUT2D eigenvalue weighted by molar-refractivity contribution is 0.145. The van der Waals surface area contributed by atoms with Crippen LogP contribution in [0.5, 0.6) is 0 Å². The average molecular weight is 426 g/mol. The molecular weight excluding hydrogens is 397 g/mol. The van der Waals surface area contributed by atoms with Gasteiger partial charge in [-0.25, -0.2) is 14.2 Å². The van der Waals surface area contributed by atoms with Gasteiger partial charge >= 0.3 is 6.03 Å². The monoisotopic (exact) mass is 425 g/mol. The fraction of sp³-hybridized carbons (Fsp3) is 0.391. The van der Waals surface area contributed by atoms with Gasteiger partial charge in [0.15, 0.2) is 0 Å². The molecule has 0 aliphatic carbocycles. The second-order valence-electron chi connectivity index (χ2n) is 8.12. The smallest absolute Gasteiger partial charge is 0.315 e. The predicted molar refractivity (Wildman–Crippen MR) is 118 cm³/mol. The van der Waals surface area contributed by atoms with Crippen molar-refractivity contribution >= 4 is 22.8 Å². The van der Waals surface area contributed by atoms with Crippen LogP contribution in [0.1, 0.15) is 50.2 Å². The maximum atomic E-state index is 14.0. The molecule has 31 heavy (non-hydrogen) atoms. The highest BCUT2D eigenvalue weighted by Crippen LogP contribution is 2.30. The van der Waals surface area contributed by atoms with Crippen molar-refractivity contribution in [3.05, 3.63) is 59.7 Å². The fourth-order valence-corrected chi connectivity index (χ4v) is 4.03. The Hall–Kier alpha value is -3.13. The number of imidazole rings is 1. The summed E-state index contributed by atoms with van der Waals surface area (Å²) in [6.45, 7) is 5.08. The number of anilines is 1. The normalized spacial score (nSPS) is 16.8. The molecule has 8 heteroatoms. The van der Waals surface area contributed by atoms with E-state index < -0.39 is 6.04 Å². The highest BCUT2D eigenvalue weighted by Gasteiger charge is 2.23. The van der Waals surface area contributed by atoms with Crippen molar-refractivity contribution in [2.45, 2.75) is 44.9 Å². The maximum absolute atomic E-state index is 14.0. The summed E-state index contributed by atoms with van der Waals surface area (Å²) in [7, 11) is 0. The number of carbonyl (C=O) groups excluding carboxylic acids is 1. The van der Waals surface area contributed by atoms with Gasteiger partial charge in [-0.15, -0.1) is 0 Å². The van der Waals surface area contributed by atoms with Crippen LogP contribution < -0.4 is 15.5 Å². The number of H-pyrrole nitrogens is 1. The minimum absolute atomic E-state index is 0.291. The van der Waals surface area contributed by atoms with Crippen molar-refractivity contribution in [3.63, 3.8) is 0 Å². The van der Waals surface area contributed by atoms with Crippen LogP contribution in [0.25, 0.3) is 11.0 Å². The van der Waals surface area contributed by atoms with E-state index >= 15 is 0 Å². The first-order valence-corrected chi connectivity index (χ1v) is 10.6. The van der Waals surface area contributed by atoms with Crippen molar-refractivity contribution in [1.82, 2.24) is 20.6 Å². The molecule has 4 N–H and O–H groups in total. The maximum Gasteiger partial charge on any atom is 0.315 e. The van der Waals surface area contributed by atoms with Gasteiger partial charge in [-0.1, -0.05) is 12.1 Å². The predicted octanol–water partition coefficient (Wildman–Crippen LogP) is 3.78. The largest absolute Gasteiger partial charge is 0.393 e. The number of aliphatic hydroxyl groups excluding tert-OH is 1. The first-order chi connectivity index (χ1) is 14.9. The number of amides is 2. The number of fused-ring (bicyclic) bond motifs is 1. The third-order valence-corrected chi connectivity index (χ3v) is 5.77. The Morgan fingerprint density at radius 1 is 1.16 bits per heavy atom. The number of hydrogen-bond acceptors (Lipinski definition) is 4. The molecule has 3 aromatic rings. The lowest BCUT2D eigenvalue weighted by Gasteiger charge is -2.34. The second-order valence-corrected chi connectivity index (χ2v) is 8.12. The number of halogens is 1. The Morgan fingerprint density at radius 2 is 1.87 bits per heavy atom. The minimum Gasteiger partial charge on any atom is -0.393 e. The van der Waals surface area contributed by atoms with Crippen LogP contribution in [0.3, 0.4) is 0 Å². The minimum atomic E-state index is -0.402. The molecule has 2 atom stereocenters. The van der Waals surface area contributed by atoms with Crippen LogP contribution in [0.2, 0.25) is 0 Å². The summed E-state index contributed by atoms with van der Waals surface area (Å²) in [5.74, 6) is 0.322. The molecule has 1 aromatic heterocycles. The molecule has 1 fully saturated rings. The number of nitrogens with zero attached hydrogens (tertiary/aromatic N) is 2. The van der Waals surface area contributed by atoms with Gasteiger partial charge in [0.1, 0.15) is 11.6 Å². The Morgan fingerprint density at radius 3 is 2.61 bits per heavy atom. The van der Waals surface area contributed by atoms with Crippen molar-refractivity contribution in [1.29, 1.82) is 0 Å². The number of aromatic nitrogens is 2. The number of urea groups is 1. The van der Waals surface area contributed by atoms with Crippen LogP contribution in [0, 0.1) is 5.82 Å². The number of piperidine rings is 1. The molecule has 4 rings (SSSR count). The van der Waals surface area contributed by atoms with E-state index in [9.17, 15) is 14.3 Å². The van der Waals surface area contributed by atoms with E-state index in [2.05, 4.69) is 25.5 Å². The molecule has 2 amide bonds. The zero-order chi connectivity index (χ0) is 22.0. The van der Waals surface area contributed by atoms with Crippen molar-refractivity contribution in [2.75, 3.05) is 18.0 Å². The summed E-state index contributed by atoms with van der Waals surface area (Å²) in [6, 6.07) is 11.3. The Kier molecular flexibility index (Phi) is 6.08. The Balaban J connectivity index is 1.44. The zero-order valence-corrected chi connectivity index (χ0v) is 17.7. The quantitative estimate of drug-likeness (QED) is 0.500. The third-order valence-electron chi connectivity index (χ3n) is 5.77. The third kappa shape index (κ3) is 4.80. The van der Waals surface area contributed by atoms with Crippen LogP contribution in [0.4, 0.5) is 14.9 Å². The van der Waals surface area contributed by atoms with E-state index in [4.69, 9.17) is 0 Å². The number of nitrogens with one attached hydrogen (secondary N) is 3. The van der Waals surface area contributed by atoms with Crippen LogP contribution >= 0.6 is 0 Å². The summed E-state index contributed by atoms with van der Waals surface area (Å²) in [4.78, 5) is 22.5. The van der Waals surface area contributed by atoms with Gasteiger partial charge in [-0.2, -0.15) is 0 Å². The van der Waals surface area contributed by atoms with Gasteiger partial charge < -0.3 is 25.6 Å². The molecule has 2 heterocycles. The van der Waals surface area contributed by atoms with Crippen LogP contribution in [0.15, 0.2) is 42.5 Å². The molecule has 2 aromatic carbocycles. The number of aliphatic hydroxyl groups is 1. The lowest BCUT2D eigenvalue weighted by Crippen LogP contribution is -2.40. The number of benzene rings is 2. The number of hydrogen-bond donors (Lipinski definition) is 4. The Bertz CT molecular complexity index is 1030. The fourth-order valence-electron chi connectivity index (χ4n) is 4.03. The van der Waals surface area contributed by atoms with E-state index in [1.165, 1.54) is 12.1 Å². The van der Waals surface area contributed by atoms with E-state index in [-0.39, 0.29) is 24.0 Å². The molecular formula is C23H28FN5O2. The SMILES string of the molecule is CC(NC(=O)NC(C)c1cc(F)ccc1N1CCC(O)CC1)c1nc2ccccc2[nH]1. The topological polar surface area (TPSA) is 93.3 Å². The molecule has 0 spiro atoms. The first-order valence-electron chi connectivity index (χ1n) is 10.6. The molecule has 1 saturated heterocycles. The first kappa shape index (κ1) is 21.1. The van der Waals surface area contributed by atoms with Crippen molar-refractivity contribution < 1.29 is 14.3 Å². The number of carbonyl (C=O) groups is 1. The standard InChI is InChI=1S/C23H28FN5O2/c1-14(18-13-16(24)7-8-21(18)29-11-9-17(30)10-12-29)25-23(31)26-15(2)22-27-19-5-3-4-6-20(19)28-22/h3-8,13-15,17,30H,9-12H2,1-2H3,(H,27,28)(H2,25,26,31). The average Bonchev–Trinajstić information content (AvgIpc) is 3.19. The summed E-state index contributed by atoms with van der Waals surface area (Å²) in [5.41, 5.74) is 3.35. The van der Waals surface area contributed by atoms with Gasteiger partial charge in [-0.3, -0.25) is 0 Å². The Labute approximate surface area is 180 Å². The van der Waals surface area contributed by atoms with E-state index in [1.807, 2.05) is 38.1 Å². The summed E-state index contributed by atoms with van der Waals surface area (Å²) in [6.07, 6.45) is 1.06. The van der Waals surface area contributed by atoms with Gasteiger partial charge in [0.2, 0.25) is 0 Å². The number of para-hydroxylation sites is 2. The molecule has 0 radical (unpaired) electrons. The molecule has 0 saturated carbocycles. The van der Waals surface area contributed by atoms with E-state index in [0.29, 0.717) is 37.3 Å². The van der Waals surface area contributed by atoms with Gasteiger partial charge in [-0.05, 0) is 57.0 Å². The number of aromatic amines is 1. The van der Waals surface area contributed by atoms with Crippen molar-refractivity contribution in [3.8, 4) is 0 Å². The van der Waals surface area contributed by atoms with Crippen LogP contribution in [-0.2, 0) is 0 Å². The lowest BCUT2D eigenvalue weighted by atomic mass is 10.0. The van der Waals surface area contributed by atoms with E-state index in [0.717, 1.165) is 16.7 Å².